The normalized spacial score (nSPS) is 10.5. The first-order chi connectivity index (χ1) is 12.4. The lowest BCUT2D eigenvalue weighted by Gasteiger charge is -2.04. The summed E-state index contributed by atoms with van der Waals surface area (Å²) in [4.78, 5) is 22.3. The summed E-state index contributed by atoms with van der Waals surface area (Å²) in [6.45, 7) is 0. The molecule has 0 bridgehead atoms. The van der Waals surface area contributed by atoms with Crippen molar-refractivity contribution in [3.63, 3.8) is 0 Å². The van der Waals surface area contributed by atoms with Crippen LogP contribution in [0.1, 0.15) is 5.69 Å². The van der Waals surface area contributed by atoms with E-state index in [0.717, 1.165) is 0 Å². The van der Waals surface area contributed by atoms with Crippen LogP contribution in [0, 0.1) is 15.9 Å². The molecule has 1 N–H and O–H groups in total. The van der Waals surface area contributed by atoms with Gasteiger partial charge >= 0.3 is 0 Å². The van der Waals surface area contributed by atoms with Crippen LogP contribution in [0.5, 0.6) is 0 Å². The molecular formula is C17H11ClFN3O4. The maximum absolute atomic E-state index is 12.9. The summed E-state index contributed by atoms with van der Waals surface area (Å²) in [5.74, 6) is -0.402. The van der Waals surface area contributed by atoms with Gasteiger partial charge in [-0.15, -0.1) is 0 Å². The van der Waals surface area contributed by atoms with E-state index in [4.69, 9.17) is 16.1 Å². The number of rotatable bonds is 5. The van der Waals surface area contributed by atoms with Crippen molar-refractivity contribution in [1.29, 1.82) is 0 Å². The maximum Gasteiger partial charge on any atom is 0.289 e. The van der Waals surface area contributed by atoms with Crippen molar-refractivity contribution in [2.45, 2.75) is 6.42 Å². The van der Waals surface area contributed by atoms with Gasteiger partial charge in [-0.3, -0.25) is 14.9 Å². The number of hydrogen-bond donors (Lipinski definition) is 1. The Morgan fingerprint density at radius 2 is 1.96 bits per heavy atom. The van der Waals surface area contributed by atoms with Crippen LogP contribution in [0.2, 0.25) is 5.02 Å². The number of nitrogens with zero attached hydrogens (tertiary/aromatic N) is 2. The van der Waals surface area contributed by atoms with Crippen LogP contribution in [0.15, 0.2) is 53.1 Å². The first kappa shape index (κ1) is 17.6. The number of halogens is 2. The Morgan fingerprint density at radius 3 is 2.65 bits per heavy atom. The highest BCUT2D eigenvalue weighted by Gasteiger charge is 2.15. The minimum Gasteiger partial charge on any atom is -0.356 e. The number of nitro benzene ring substituents is 1. The number of carbonyl (C=O) groups excluding carboxylic acids is 1. The third-order valence-corrected chi connectivity index (χ3v) is 3.78. The molecule has 132 valence electrons. The van der Waals surface area contributed by atoms with E-state index in [1.165, 1.54) is 42.5 Å². The van der Waals surface area contributed by atoms with Crippen LogP contribution in [0.4, 0.5) is 15.8 Å². The summed E-state index contributed by atoms with van der Waals surface area (Å²) >= 11 is 5.73. The number of anilines is 1. The van der Waals surface area contributed by atoms with E-state index >= 15 is 0 Å². The van der Waals surface area contributed by atoms with Crippen LogP contribution in [-0.4, -0.2) is 16.0 Å². The third-order valence-electron chi connectivity index (χ3n) is 3.46. The number of nitro groups is 1. The predicted octanol–water partition coefficient (Wildman–Crippen LogP) is 4.22. The number of nitrogens with one attached hydrogen (secondary N) is 1. The second-order valence-corrected chi connectivity index (χ2v) is 5.74. The number of carbonyl (C=O) groups is 1. The van der Waals surface area contributed by atoms with Crippen molar-refractivity contribution < 1.29 is 18.6 Å². The Balaban J connectivity index is 1.68. The van der Waals surface area contributed by atoms with Gasteiger partial charge < -0.3 is 9.84 Å². The second-order valence-electron chi connectivity index (χ2n) is 5.34. The minimum absolute atomic E-state index is 0.0200. The Morgan fingerprint density at radius 1 is 1.23 bits per heavy atom. The van der Waals surface area contributed by atoms with Crippen LogP contribution < -0.4 is 5.32 Å². The van der Waals surface area contributed by atoms with Gasteiger partial charge in [0, 0.05) is 23.4 Å². The molecule has 1 heterocycles. The lowest BCUT2D eigenvalue weighted by molar-refractivity contribution is -0.384. The molecule has 9 heteroatoms. The molecule has 0 aliphatic heterocycles. The fourth-order valence-corrected chi connectivity index (χ4v) is 2.43. The quantitative estimate of drug-likeness (QED) is 0.531. The van der Waals surface area contributed by atoms with E-state index in [9.17, 15) is 19.3 Å². The fraction of sp³-hybridized carbons (Fsp3) is 0.0588. The summed E-state index contributed by atoms with van der Waals surface area (Å²) in [5.41, 5.74) is 0.932. The summed E-state index contributed by atoms with van der Waals surface area (Å²) in [6, 6.07) is 11.2. The van der Waals surface area contributed by atoms with Gasteiger partial charge in [-0.05, 0) is 36.4 Å². The van der Waals surface area contributed by atoms with Gasteiger partial charge in [0.25, 0.3) is 5.69 Å². The molecule has 0 saturated heterocycles. The zero-order valence-corrected chi connectivity index (χ0v) is 13.9. The molecule has 0 radical (unpaired) electrons. The molecular weight excluding hydrogens is 365 g/mol. The molecule has 3 aromatic rings. The average Bonchev–Trinajstić information content (AvgIpc) is 3.05. The SMILES string of the molecule is O=C(Cc1cc(-c2ccc(F)cc2)on1)Nc1ccc(Cl)c([N+](=O)[O-])c1. The van der Waals surface area contributed by atoms with Gasteiger partial charge in [0.05, 0.1) is 17.0 Å². The van der Waals surface area contributed by atoms with Gasteiger partial charge in [-0.25, -0.2) is 4.39 Å². The molecule has 0 atom stereocenters. The summed E-state index contributed by atoms with van der Waals surface area (Å²) in [6.07, 6.45) is -0.0961. The molecule has 0 unspecified atom stereocenters. The summed E-state index contributed by atoms with van der Waals surface area (Å²) in [7, 11) is 0. The van der Waals surface area contributed by atoms with Gasteiger partial charge in [0.2, 0.25) is 5.91 Å². The number of aromatic nitrogens is 1. The first-order valence-corrected chi connectivity index (χ1v) is 7.75. The number of benzene rings is 2. The Bertz CT molecular complexity index is 972. The zero-order valence-electron chi connectivity index (χ0n) is 13.1. The van der Waals surface area contributed by atoms with E-state index in [-0.39, 0.29) is 28.6 Å². The average molecular weight is 376 g/mol. The first-order valence-electron chi connectivity index (χ1n) is 7.38. The van der Waals surface area contributed by atoms with Crippen LogP contribution >= 0.6 is 11.6 Å². The topological polar surface area (TPSA) is 98.3 Å². The van der Waals surface area contributed by atoms with Crippen molar-refractivity contribution in [2.75, 3.05) is 5.32 Å². The fourth-order valence-electron chi connectivity index (χ4n) is 2.25. The van der Waals surface area contributed by atoms with Crippen molar-refractivity contribution >= 4 is 28.9 Å². The highest BCUT2D eigenvalue weighted by Crippen LogP contribution is 2.27. The standard InChI is InChI=1S/C17H11ClFN3O4/c18-14-6-5-12(7-15(14)22(24)25)20-17(23)9-13-8-16(26-21-13)10-1-3-11(19)4-2-10/h1-8H,9H2,(H,20,23). The number of amides is 1. The molecule has 7 nitrogen and oxygen atoms in total. The highest BCUT2D eigenvalue weighted by molar-refractivity contribution is 6.32. The smallest absolute Gasteiger partial charge is 0.289 e. The van der Waals surface area contributed by atoms with Crippen molar-refractivity contribution in [2.24, 2.45) is 0 Å². The predicted molar refractivity (Wildman–Crippen MR) is 92.3 cm³/mol. The molecule has 0 aliphatic carbocycles. The Labute approximate surface area is 151 Å². The summed E-state index contributed by atoms with van der Waals surface area (Å²) < 4.78 is 18.1. The van der Waals surface area contributed by atoms with Crippen molar-refractivity contribution in [3.8, 4) is 11.3 Å². The maximum atomic E-state index is 12.9. The molecule has 2 aromatic carbocycles. The summed E-state index contributed by atoms with van der Waals surface area (Å²) in [5, 5.41) is 17.2. The molecule has 26 heavy (non-hydrogen) atoms. The lowest BCUT2D eigenvalue weighted by Crippen LogP contribution is -2.14. The molecule has 0 aliphatic rings. The van der Waals surface area contributed by atoms with Crippen LogP contribution in [-0.2, 0) is 11.2 Å². The zero-order chi connectivity index (χ0) is 18.7. The Hall–Kier alpha value is -3.26. The lowest BCUT2D eigenvalue weighted by atomic mass is 10.1. The van der Waals surface area contributed by atoms with E-state index in [1.54, 1.807) is 6.07 Å². The molecule has 3 rings (SSSR count). The second kappa shape index (κ2) is 7.32. The van der Waals surface area contributed by atoms with Gasteiger partial charge in [0.15, 0.2) is 5.76 Å². The van der Waals surface area contributed by atoms with Gasteiger partial charge in [-0.1, -0.05) is 16.8 Å². The van der Waals surface area contributed by atoms with E-state index in [0.29, 0.717) is 17.0 Å². The third kappa shape index (κ3) is 4.04. The van der Waals surface area contributed by atoms with Gasteiger partial charge in [0.1, 0.15) is 10.8 Å². The molecule has 1 amide bonds. The van der Waals surface area contributed by atoms with Crippen LogP contribution in [0.25, 0.3) is 11.3 Å². The monoisotopic (exact) mass is 375 g/mol. The van der Waals surface area contributed by atoms with Crippen molar-refractivity contribution in [1.82, 2.24) is 5.16 Å². The molecule has 1 aromatic heterocycles. The highest BCUT2D eigenvalue weighted by atomic mass is 35.5. The molecule has 0 fully saturated rings. The van der Waals surface area contributed by atoms with Gasteiger partial charge in [-0.2, -0.15) is 0 Å². The molecule has 0 spiro atoms. The minimum atomic E-state index is -0.634. The van der Waals surface area contributed by atoms with E-state index in [2.05, 4.69) is 10.5 Å². The Kier molecular flexibility index (Phi) is 4.94. The van der Waals surface area contributed by atoms with E-state index < -0.39 is 10.8 Å². The molecule has 0 saturated carbocycles. The van der Waals surface area contributed by atoms with E-state index in [1.807, 2.05) is 0 Å². The largest absolute Gasteiger partial charge is 0.356 e. The number of hydrogen-bond acceptors (Lipinski definition) is 5. The van der Waals surface area contributed by atoms with Crippen molar-refractivity contribution in [3.05, 3.63) is 75.2 Å². The van der Waals surface area contributed by atoms with Crippen LogP contribution in [0.3, 0.4) is 0 Å².